The normalized spacial score (nSPS) is 17.4. The average molecular weight is 309 g/mol. The molecule has 1 aliphatic heterocycles. The smallest absolute Gasteiger partial charge is 0.166 e. The van der Waals surface area contributed by atoms with Crippen LogP contribution in [0.1, 0.15) is 18.5 Å². The van der Waals surface area contributed by atoms with Crippen LogP contribution in [0.4, 0.5) is 0 Å². The minimum Gasteiger partial charge on any atom is -0.493 e. The Hall–Kier alpha value is -1.53. The number of nitrogens with zero attached hydrogens (tertiary/aromatic N) is 2. The van der Waals surface area contributed by atoms with E-state index in [1.54, 1.807) is 14.2 Å². The standard InChI is InChI=1S/C15H23N3O2S/c1-11(17-6-8-18(9-7-17)15(16)21)12-4-5-13(19-2)14(10-12)20-3/h4-5,10-11H,6-9H2,1-3H3,(H2,16,21)/t11-/m0/s1. The molecule has 0 aromatic heterocycles. The molecule has 1 atom stereocenters. The van der Waals surface area contributed by atoms with E-state index in [1.165, 1.54) is 5.56 Å². The first-order valence-corrected chi connectivity index (χ1v) is 7.48. The van der Waals surface area contributed by atoms with Gasteiger partial charge in [-0.15, -0.1) is 0 Å². The molecule has 0 aliphatic carbocycles. The Morgan fingerprint density at radius 2 is 1.76 bits per heavy atom. The van der Waals surface area contributed by atoms with Crippen molar-refractivity contribution in [3.63, 3.8) is 0 Å². The molecule has 1 aliphatic rings. The highest BCUT2D eigenvalue weighted by Crippen LogP contribution is 2.32. The van der Waals surface area contributed by atoms with Crippen LogP contribution in [0.15, 0.2) is 18.2 Å². The van der Waals surface area contributed by atoms with Crippen LogP contribution in [0.2, 0.25) is 0 Å². The second-order valence-corrected chi connectivity index (χ2v) is 5.57. The molecule has 2 rings (SSSR count). The molecule has 0 unspecified atom stereocenters. The van der Waals surface area contributed by atoms with Gasteiger partial charge < -0.3 is 20.1 Å². The zero-order chi connectivity index (χ0) is 15.4. The molecule has 1 fully saturated rings. The molecule has 6 heteroatoms. The summed E-state index contributed by atoms with van der Waals surface area (Å²) in [6, 6.07) is 6.41. The second kappa shape index (κ2) is 6.95. The maximum Gasteiger partial charge on any atom is 0.166 e. The molecular formula is C15H23N3O2S. The zero-order valence-corrected chi connectivity index (χ0v) is 13.7. The van der Waals surface area contributed by atoms with Crippen LogP contribution in [-0.2, 0) is 0 Å². The van der Waals surface area contributed by atoms with E-state index < -0.39 is 0 Å². The fourth-order valence-corrected chi connectivity index (χ4v) is 2.84. The number of methoxy groups -OCH3 is 2. The molecule has 0 amide bonds. The third-order valence-corrected chi connectivity index (χ3v) is 4.32. The lowest BCUT2D eigenvalue weighted by Gasteiger charge is -2.38. The Labute approximate surface area is 131 Å². The van der Waals surface area contributed by atoms with Crippen molar-refractivity contribution in [1.29, 1.82) is 0 Å². The van der Waals surface area contributed by atoms with Crippen molar-refractivity contribution in [1.82, 2.24) is 9.80 Å². The van der Waals surface area contributed by atoms with Crippen LogP contribution < -0.4 is 15.2 Å². The summed E-state index contributed by atoms with van der Waals surface area (Å²) in [5.41, 5.74) is 6.90. The van der Waals surface area contributed by atoms with Crippen molar-refractivity contribution in [2.24, 2.45) is 5.73 Å². The van der Waals surface area contributed by atoms with Gasteiger partial charge in [-0.25, -0.2) is 0 Å². The molecule has 1 aromatic rings. The Morgan fingerprint density at radius 1 is 1.14 bits per heavy atom. The SMILES string of the molecule is COc1ccc([C@H](C)N2CCN(C(N)=S)CC2)cc1OC. The predicted molar refractivity (Wildman–Crippen MR) is 87.9 cm³/mol. The Kier molecular flexibility index (Phi) is 5.25. The molecule has 0 bridgehead atoms. The molecule has 5 nitrogen and oxygen atoms in total. The molecule has 0 saturated carbocycles. The largest absolute Gasteiger partial charge is 0.493 e. The molecule has 0 radical (unpaired) electrons. The number of hydrogen-bond acceptors (Lipinski definition) is 4. The van der Waals surface area contributed by atoms with E-state index in [1.807, 2.05) is 17.0 Å². The lowest BCUT2D eigenvalue weighted by Crippen LogP contribution is -2.50. The van der Waals surface area contributed by atoms with Crippen molar-refractivity contribution in [3.8, 4) is 11.5 Å². The van der Waals surface area contributed by atoms with Gasteiger partial charge in [-0.1, -0.05) is 6.07 Å². The summed E-state index contributed by atoms with van der Waals surface area (Å²) in [7, 11) is 3.31. The highest BCUT2D eigenvalue weighted by molar-refractivity contribution is 7.80. The summed E-state index contributed by atoms with van der Waals surface area (Å²) < 4.78 is 10.7. The third-order valence-electron chi connectivity index (χ3n) is 4.06. The highest BCUT2D eigenvalue weighted by atomic mass is 32.1. The van der Waals surface area contributed by atoms with Crippen molar-refractivity contribution < 1.29 is 9.47 Å². The number of piperazine rings is 1. The zero-order valence-electron chi connectivity index (χ0n) is 12.8. The van der Waals surface area contributed by atoms with E-state index in [0.29, 0.717) is 11.2 Å². The first-order valence-electron chi connectivity index (χ1n) is 7.07. The van der Waals surface area contributed by atoms with Crippen LogP contribution in [0.5, 0.6) is 11.5 Å². The van der Waals surface area contributed by atoms with Crippen LogP contribution in [0, 0.1) is 0 Å². The number of nitrogens with two attached hydrogens (primary N) is 1. The molecule has 2 N–H and O–H groups in total. The second-order valence-electron chi connectivity index (χ2n) is 5.15. The van der Waals surface area contributed by atoms with E-state index in [9.17, 15) is 0 Å². The van der Waals surface area contributed by atoms with E-state index in [-0.39, 0.29) is 0 Å². The van der Waals surface area contributed by atoms with Gasteiger partial charge in [0.25, 0.3) is 0 Å². The summed E-state index contributed by atoms with van der Waals surface area (Å²) in [4.78, 5) is 4.48. The monoisotopic (exact) mass is 309 g/mol. The topological polar surface area (TPSA) is 51.0 Å². The lowest BCUT2D eigenvalue weighted by molar-refractivity contribution is 0.141. The van der Waals surface area contributed by atoms with Crippen LogP contribution in [-0.4, -0.2) is 55.3 Å². The van der Waals surface area contributed by atoms with E-state index in [0.717, 1.165) is 37.7 Å². The molecule has 116 valence electrons. The van der Waals surface area contributed by atoms with Crippen LogP contribution in [0.3, 0.4) is 0 Å². The highest BCUT2D eigenvalue weighted by Gasteiger charge is 2.23. The van der Waals surface area contributed by atoms with Gasteiger partial charge in [0.15, 0.2) is 16.6 Å². The maximum atomic E-state index is 5.68. The Bertz CT molecular complexity index is 502. The van der Waals surface area contributed by atoms with Gasteiger partial charge in [-0.3, -0.25) is 4.90 Å². The molecular weight excluding hydrogens is 286 g/mol. The fraction of sp³-hybridized carbons (Fsp3) is 0.533. The minimum absolute atomic E-state index is 0.318. The van der Waals surface area contributed by atoms with Gasteiger partial charge in [0, 0.05) is 32.2 Å². The Balaban J connectivity index is 2.07. The summed E-state index contributed by atoms with van der Waals surface area (Å²) >= 11 is 5.03. The van der Waals surface area contributed by atoms with E-state index in [4.69, 9.17) is 27.4 Å². The maximum absolute atomic E-state index is 5.68. The van der Waals surface area contributed by atoms with Gasteiger partial charge >= 0.3 is 0 Å². The third kappa shape index (κ3) is 3.57. The van der Waals surface area contributed by atoms with Gasteiger partial charge in [0.1, 0.15) is 0 Å². The van der Waals surface area contributed by atoms with Crippen molar-refractivity contribution in [2.75, 3.05) is 40.4 Å². The molecule has 1 aromatic carbocycles. The lowest BCUT2D eigenvalue weighted by atomic mass is 10.1. The number of benzene rings is 1. The van der Waals surface area contributed by atoms with Gasteiger partial charge in [0.05, 0.1) is 14.2 Å². The molecule has 21 heavy (non-hydrogen) atoms. The number of ether oxygens (including phenoxy) is 2. The number of rotatable bonds is 4. The number of thiocarbonyl (C=S) groups is 1. The number of hydrogen-bond donors (Lipinski definition) is 1. The molecule has 0 spiro atoms. The van der Waals surface area contributed by atoms with Crippen molar-refractivity contribution in [2.45, 2.75) is 13.0 Å². The summed E-state index contributed by atoms with van der Waals surface area (Å²) in [5, 5.41) is 0.494. The fourth-order valence-electron chi connectivity index (χ4n) is 2.65. The van der Waals surface area contributed by atoms with Crippen molar-refractivity contribution >= 4 is 17.3 Å². The average Bonchev–Trinajstić information content (AvgIpc) is 2.53. The summed E-state index contributed by atoms with van der Waals surface area (Å²) in [6.07, 6.45) is 0. The predicted octanol–water partition coefficient (Wildman–Crippen LogP) is 1.63. The van der Waals surface area contributed by atoms with E-state index in [2.05, 4.69) is 17.9 Å². The minimum atomic E-state index is 0.318. The Morgan fingerprint density at radius 3 is 2.29 bits per heavy atom. The van der Waals surface area contributed by atoms with E-state index >= 15 is 0 Å². The van der Waals surface area contributed by atoms with Gasteiger partial charge in [0.2, 0.25) is 0 Å². The summed E-state index contributed by atoms with van der Waals surface area (Å²) in [5.74, 6) is 1.52. The molecule has 1 heterocycles. The van der Waals surface area contributed by atoms with Gasteiger partial charge in [-0.05, 0) is 36.8 Å². The quantitative estimate of drug-likeness (QED) is 0.853. The summed E-state index contributed by atoms with van der Waals surface area (Å²) in [6.45, 7) is 5.87. The van der Waals surface area contributed by atoms with Crippen molar-refractivity contribution in [3.05, 3.63) is 23.8 Å². The van der Waals surface area contributed by atoms with Crippen LogP contribution >= 0.6 is 12.2 Å². The van der Waals surface area contributed by atoms with Gasteiger partial charge in [-0.2, -0.15) is 0 Å². The van der Waals surface area contributed by atoms with Crippen LogP contribution in [0.25, 0.3) is 0 Å². The first kappa shape index (κ1) is 15.9. The first-order chi connectivity index (χ1) is 10.1. The molecule has 1 saturated heterocycles.